The van der Waals surface area contributed by atoms with Gasteiger partial charge >= 0.3 is 0 Å². The minimum absolute atomic E-state index is 0.0236. The molecule has 0 radical (unpaired) electrons. The molecule has 0 bridgehead atoms. The number of rotatable bonds is 8. The molecule has 0 aromatic carbocycles. The fourth-order valence-electron chi connectivity index (χ4n) is 5.51. The smallest absolute Gasteiger partial charge is 0.0547 e. The molecule has 0 amide bonds. The summed E-state index contributed by atoms with van der Waals surface area (Å²) < 4.78 is 0. The topological polar surface area (TPSA) is 80.9 Å². The summed E-state index contributed by atoms with van der Waals surface area (Å²) in [7, 11) is 0. The summed E-state index contributed by atoms with van der Waals surface area (Å²) in [5.41, 5.74) is 0.852. The monoisotopic (exact) mass is 340 g/mol. The summed E-state index contributed by atoms with van der Waals surface area (Å²) in [5, 5.41) is 38.7. The maximum atomic E-state index is 10.0. The van der Waals surface area contributed by atoms with Crippen LogP contribution in [0.3, 0.4) is 0 Å². The maximum Gasteiger partial charge on any atom is 0.0547 e. The highest BCUT2D eigenvalue weighted by Gasteiger charge is 2.52. The third-order valence-electron chi connectivity index (χ3n) is 7.02. The number of fused-ring (bicyclic) bond motifs is 1. The first-order chi connectivity index (χ1) is 11.5. The van der Waals surface area contributed by atoms with E-state index in [1.54, 1.807) is 0 Å². The fourth-order valence-corrected chi connectivity index (χ4v) is 5.51. The molecular formula is C20H36O4. The van der Waals surface area contributed by atoms with Gasteiger partial charge in [0, 0.05) is 18.6 Å². The standard InChI is InChI=1S/C20H36O4/c1-15-4-7-18-19(2,9-3-10-20(18,13-23)14-24)17(15)6-5-16(12-22)8-11-21/h7,15-17,21-24H,3-6,8-14H2,1-2H3/t15-,16-,17-,19+/m0/s1. The van der Waals surface area contributed by atoms with Crippen LogP contribution < -0.4 is 0 Å². The van der Waals surface area contributed by atoms with E-state index in [9.17, 15) is 15.3 Å². The summed E-state index contributed by atoms with van der Waals surface area (Å²) in [5.74, 6) is 1.24. The average molecular weight is 341 g/mol. The van der Waals surface area contributed by atoms with Gasteiger partial charge in [-0.25, -0.2) is 0 Å². The van der Waals surface area contributed by atoms with Crippen molar-refractivity contribution >= 4 is 0 Å². The molecule has 0 aromatic rings. The predicted octanol–water partition coefficient (Wildman–Crippen LogP) is 2.50. The molecule has 2 aliphatic carbocycles. The molecule has 4 heteroatoms. The van der Waals surface area contributed by atoms with E-state index in [1.165, 1.54) is 5.57 Å². The molecule has 4 nitrogen and oxygen atoms in total. The maximum absolute atomic E-state index is 10.0. The van der Waals surface area contributed by atoms with E-state index >= 15 is 0 Å². The van der Waals surface area contributed by atoms with Crippen LogP contribution in [0.5, 0.6) is 0 Å². The second-order valence-corrected chi connectivity index (χ2v) is 8.44. The van der Waals surface area contributed by atoms with Crippen molar-refractivity contribution in [2.45, 2.75) is 58.8 Å². The van der Waals surface area contributed by atoms with Crippen LogP contribution in [0.4, 0.5) is 0 Å². The molecule has 0 aliphatic heterocycles. The average Bonchev–Trinajstić information content (AvgIpc) is 2.58. The first-order valence-corrected chi connectivity index (χ1v) is 9.62. The first-order valence-electron chi connectivity index (χ1n) is 9.62. The Bertz CT molecular complexity index is 429. The first kappa shape index (κ1) is 19.9. The number of allylic oxidation sites excluding steroid dienone is 1. The Morgan fingerprint density at radius 3 is 2.42 bits per heavy atom. The molecule has 0 heterocycles. The lowest BCUT2D eigenvalue weighted by molar-refractivity contribution is -0.00499. The summed E-state index contributed by atoms with van der Waals surface area (Å²) >= 11 is 0. The molecular weight excluding hydrogens is 304 g/mol. The molecule has 1 fully saturated rings. The molecule has 2 rings (SSSR count). The van der Waals surface area contributed by atoms with Crippen LogP contribution in [-0.2, 0) is 0 Å². The van der Waals surface area contributed by atoms with Crippen LogP contribution in [0.2, 0.25) is 0 Å². The van der Waals surface area contributed by atoms with Gasteiger partial charge in [0.15, 0.2) is 0 Å². The predicted molar refractivity (Wildman–Crippen MR) is 95.4 cm³/mol. The van der Waals surface area contributed by atoms with Crippen molar-refractivity contribution in [1.29, 1.82) is 0 Å². The molecule has 2 aliphatic rings. The van der Waals surface area contributed by atoms with Crippen LogP contribution in [0.1, 0.15) is 58.8 Å². The zero-order valence-corrected chi connectivity index (χ0v) is 15.4. The molecule has 140 valence electrons. The van der Waals surface area contributed by atoms with Crippen molar-refractivity contribution in [3.63, 3.8) is 0 Å². The van der Waals surface area contributed by atoms with Crippen molar-refractivity contribution in [2.75, 3.05) is 26.4 Å². The summed E-state index contributed by atoms with van der Waals surface area (Å²) in [6.07, 6.45) is 8.94. The van der Waals surface area contributed by atoms with E-state index in [4.69, 9.17) is 5.11 Å². The van der Waals surface area contributed by atoms with Gasteiger partial charge in [0.25, 0.3) is 0 Å². The molecule has 4 N–H and O–H groups in total. The van der Waals surface area contributed by atoms with Crippen LogP contribution in [0.25, 0.3) is 0 Å². The van der Waals surface area contributed by atoms with Crippen LogP contribution in [0.15, 0.2) is 11.6 Å². The Kier molecular flexibility index (Phi) is 6.89. The third kappa shape index (κ3) is 3.57. The van der Waals surface area contributed by atoms with E-state index in [2.05, 4.69) is 19.9 Å². The van der Waals surface area contributed by atoms with Gasteiger partial charge in [0.1, 0.15) is 0 Å². The summed E-state index contributed by atoms with van der Waals surface area (Å²) in [4.78, 5) is 0. The van der Waals surface area contributed by atoms with E-state index in [-0.39, 0.29) is 37.8 Å². The minimum Gasteiger partial charge on any atom is -0.396 e. The molecule has 0 aromatic heterocycles. The van der Waals surface area contributed by atoms with Gasteiger partial charge < -0.3 is 20.4 Å². The van der Waals surface area contributed by atoms with Crippen LogP contribution in [-0.4, -0.2) is 46.9 Å². The quantitative estimate of drug-likeness (QED) is 0.512. The zero-order valence-electron chi connectivity index (χ0n) is 15.4. The Hall–Kier alpha value is -0.420. The Morgan fingerprint density at radius 2 is 1.83 bits per heavy atom. The van der Waals surface area contributed by atoms with Gasteiger partial charge in [0.2, 0.25) is 0 Å². The summed E-state index contributed by atoms with van der Waals surface area (Å²) in [6, 6.07) is 0. The SMILES string of the molecule is C[C@H]1CC=C2C(CO)(CO)CCC[C@]2(C)[C@H]1CC[C@H](CO)CCO. The Balaban J connectivity index is 2.22. The number of aliphatic hydroxyl groups is 4. The summed E-state index contributed by atoms with van der Waals surface area (Å²) in [6.45, 7) is 4.94. The second-order valence-electron chi connectivity index (χ2n) is 8.44. The van der Waals surface area contributed by atoms with Crippen molar-refractivity contribution < 1.29 is 20.4 Å². The van der Waals surface area contributed by atoms with E-state index < -0.39 is 5.41 Å². The van der Waals surface area contributed by atoms with E-state index in [1.807, 2.05) is 0 Å². The second kappa shape index (κ2) is 8.31. The Morgan fingerprint density at radius 1 is 1.12 bits per heavy atom. The number of hydrogen-bond acceptors (Lipinski definition) is 4. The number of aliphatic hydroxyl groups excluding tert-OH is 4. The molecule has 0 unspecified atom stereocenters. The third-order valence-corrected chi connectivity index (χ3v) is 7.02. The molecule has 4 atom stereocenters. The lowest BCUT2D eigenvalue weighted by atomic mass is 9.50. The molecule has 1 saturated carbocycles. The largest absolute Gasteiger partial charge is 0.396 e. The zero-order chi connectivity index (χ0) is 17.8. The molecule has 0 spiro atoms. The highest BCUT2D eigenvalue weighted by molar-refractivity contribution is 5.29. The van der Waals surface area contributed by atoms with Gasteiger partial charge in [-0.1, -0.05) is 31.9 Å². The highest BCUT2D eigenvalue weighted by atomic mass is 16.3. The Labute approximate surface area is 146 Å². The van der Waals surface area contributed by atoms with Crippen LogP contribution in [0, 0.1) is 28.6 Å². The molecule has 0 saturated heterocycles. The normalized spacial score (nSPS) is 33.7. The van der Waals surface area contributed by atoms with Gasteiger partial charge in [-0.2, -0.15) is 0 Å². The fraction of sp³-hybridized carbons (Fsp3) is 0.900. The van der Waals surface area contributed by atoms with Gasteiger partial charge in [-0.05, 0) is 61.7 Å². The van der Waals surface area contributed by atoms with E-state index in [0.717, 1.165) is 38.5 Å². The van der Waals surface area contributed by atoms with Crippen molar-refractivity contribution in [1.82, 2.24) is 0 Å². The van der Waals surface area contributed by atoms with E-state index in [0.29, 0.717) is 18.3 Å². The lowest BCUT2D eigenvalue weighted by Gasteiger charge is -2.55. The lowest BCUT2D eigenvalue weighted by Crippen LogP contribution is -2.49. The molecule has 24 heavy (non-hydrogen) atoms. The van der Waals surface area contributed by atoms with Crippen LogP contribution >= 0.6 is 0 Å². The van der Waals surface area contributed by atoms with Crippen molar-refractivity contribution in [2.24, 2.45) is 28.6 Å². The van der Waals surface area contributed by atoms with Gasteiger partial charge in [-0.15, -0.1) is 0 Å². The minimum atomic E-state index is -0.452. The van der Waals surface area contributed by atoms with Crippen molar-refractivity contribution in [3.05, 3.63) is 11.6 Å². The van der Waals surface area contributed by atoms with Gasteiger partial charge in [-0.3, -0.25) is 0 Å². The highest BCUT2D eigenvalue weighted by Crippen LogP contribution is 2.59. The number of hydrogen-bond donors (Lipinski definition) is 4. The van der Waals surface area contributed by atoms with Crippen molar-refractivity contribution in [3.8, 4) is 0 Å². The van der Waals surface area contributed by atoms with Gasteiger partial charge in [0.05, 0.1) is 13.2 Å².